The van der Waals surface area contributed by atoms with E-state index in [4.69, 9.17) is 4.74 Å². The van der Waals surface area contributed by atoms with Crippen molar-refractivity contribution in [2.45, 2.75) is 112 Å². The molecular weight excluding hydrogens is 436 g/mol. The second kappa shape index (κ2) is 7.82. The topological polar surface area (TPSA) is 66.8 Å². The molecule has 4 nitrogen and oxygen atoms in total. The van der Waals surface area contributed by atoms with Crippen LogP contribution < -0.4 is 0 Å². The molecule has 35 heavy (non-hydrogen) atoms. The van der Waals surface area contributed by atoms with Gasteiger partial charge in [-0.25, -0.2) is 0 Å². The number of hydrogen-bond donors (Lipinski definition) is 2. The van der Waals surface area contributed by atoms with Gasteiger partial charge in [-0.3, -0.25) is 4.79 Å². The molecule has 2 N–H and O–H groups in total. The first-order valence-corrected chi connectivity index (χ1v) is 14.3. The first-order valence-electron chi connectivity index (χ1n) is 14.3. The highest BCUT2D eigenvalue weighted by atomic mass is 16.5. The van der Waals surface area contributed by atoms with E-state index in [2.05, 4.69) is 47.6 Å². The molecule has 198 valence electrons. The molecule has 5 aliphatic rings. The number of fused-ring (bicyclic) bond motifs is 7. The molecule has 0 unspecified atom stereocenters. The fourth-order valence-electron chi connectivity index (χ4n) is 10.8. The molecule has 0 spiro atoms. The molecular formula is C31H50O4. The number of allylic oxidation sites excluding steroid dienone is 2. The lowest BCUT2D eigenvalue weighted by atomic mass is 9.33. The number of aliphatic hydroxyl groups excluding tert-OH is 2. The van der Waals surface area contributed by atoms with Gasteiger partial charge in [-0.1, -0.05) is 53.2 Å². The summed E-state index contributed by atoms with van der Waals surface area (Å²) in [5.74, 6) is 1.16. The van der Waals surface area contributed by atoms with Crippen molar-refractivity contribution in [3.8, 4) is 0 Å². The van der Waals surface area contributed by atoms with Gasteiger partial charge in [0.2, 0.25) is 0 Å². The Bertz CT molecular complexity index is 923. The first kappa shape index (κ1) is 25.8. The molecule has 4 saturated carbocycles. The summed E-state index contributed by atoms with van der Waals surface area (Å²) in [5, 5.41) is 21.4. The van der Waals surface area contributed by atoms with Gasteiger partial charge in [-0.05, 0) is 104 Å². The molecule has 5 rings (SSSR count). The highest BCUT2D eigenvalue weighted by molar-refractivity contribution is 5.78. The maximum Gasteiger partial charge on any atom is 0.312 e. The lowest BCUT2D eigenvalue weighted by Gasteiger charge is -2.71. The van der Waals surface area contributed by atoms with Crippen molar-refractivity contribution in [3.63, 3.8) is 0 Å². The minimum absolute atomic E-state index is 0.0175. The third-order valence-corrected chi connectivity index (χ3v) is 13.3. The molecule has 0 saturated heterocycles. The Morgan fingerprint density at radius 3 is 2.31 bits per heavy atom. The summed E-state index contributed by atoms with van der Waals surface area (Å²) in [5.41, 5.74) is 1.37. The van der Waals surface area contributed by atoms with Crippen molar-refractivity contribution < 1.29 is 19.7 Å². The summed E-state index contributed by atoms with van der Waals surface area (Å²) < 4.78 is 5.48. The SMILES string of the molecule is COC(=O)[C@]12CCC(C)(C)C[C@H]1C1=CC[C@H]3[C@@]4(C)CC[C@H](O)[C@@](C)(CO)[C@@H]4CC[C@@]3(C)[C@]1(C)CC2. The van der Waals surface area contributed by atoms with E-state index in [1.54, 1.807) is 12.7 Å². The Hall–Kier alpha value is -0.870. The van der Waals surface area contributed by atoms with Gasteiger partial charge in [0.15, 0.2) is 0 Å². The van der Waals surface area contributed by atoms with Crippen LogP contribution in [-0.2, 0) is 9.53 Å². The molecule has 0 aliphatic heterocycles. The maximum absolute atomic E-state index is 13.4. The van der Waals surface area contributed by atoms with Crippen molar-refractivity contribution in [1.82, 2.24) is 0 Å². The largest absolute Gasteiger partial charge is 0.469 e. The Morgan fingerprint density at radius 1 is 0.971 bits per heavy atom. The Balaban J connectivity index is 1.59. The minimum atomic E-state index is -0.417. The van der Waals surface area contributed by atoms with Gasteiger partial charge in [0.05, 0.1) is 25.2 Å². The molecule has 4 fully saturated rings. The number of carbonyl (C=O) groups excluding carboxylic acids is 1. The van der Waals surface area contributed by atoms with Crippen LogP contribution in [0.25, 0.3) is 0 Å². The van der Waals surface area contributed by atoms with Crippen LogP contribution in [0.2, 0.25) is 0 Å². The summed E-state index contributed by atoms with van der Waals surface area (Å²) in [4.78, 5) is 13.4. The lowest BCUT2D eigenvalue weighted by molar-refractivity contribution is -0.216. The van der Waals surface area contributed by atoms with Crippen molar-refractivity contribution in [2.75, 3.05) is 13.7 Å². The molecule has 0 aromatic rings. The number of ether oxygens (including phenoxy) is 1. The van der Waals surface area contributed by atoms with Gasteiger partial charge in [0.1, 0.15) is 0 Å². The third-order valence-electron chi connectivity index (χ3n) is 13.3. The molecule has 0 amide bonds. The second-order valence-electron chi connectivity index (χ2n) is 15.1. The van der Waals surface area contributed by atoms with Gasteiger partial charge in [-0.2, -0.15) is 0 Å². The Morgan fingerprint density at radius 2 is 1.66 bits per heavy atom. The summed E-state index contributed by atoms with van der Waals surface area (Å²) >= 11 is 0. The molecule has 0 radical (unpaired) electrons. The molecule has 0 heterocycles. The zero-order chi connectivity index (χ0) is 25.7. The quantitative estimate of drug-likeness (QED) is 0.355. The third kappa shape index (κ3) is 3.14. The van der Waals surface area contributed by atoms with Crippen LogP contribution in [-0.4, -0.2) is 36.0 Å². The van der Waals surface area contributed by atoms with E-state index in [0.29, 0.717) is 11.8 Å². The zero-order valence-electron chi connectivity index (χ0n) is 23.4. The number of esters is 1. The van der Waals surface area contributed by atoms with Crippen molar-refractivity contribution in [1.29, 1.82) is 0 Å². The predicted octanol–water partition coefficient (Wildman–Crippen LogP) is 6.29. The number of aliphatic hydroxyl groups is 2. The fraction of sp³-hybridized carbons (Fsp3) is 0.903. The van der Waals surface area contributed by atoms with Gasteiger partial charge < -0.3 is 14.9 Å². The van der Waals surface area contributed by atoms with Crippen molar-refractivity contribution in [3.05, 3.63) is 11.6 Å². The van der Waals surface area contributed by atoms with Crippen LogP contribution >= 0.6 is 0 Å². The molecule has 4 heteroatoms. The first-order chi connectivity index (χ1) is 16.2. The molecule has 9 atom stereocenters. The minimum Gasteiger partial charge on any atom is -0.469 e. The fourth-order valence-corrected chi connectivity index (χ4v) is 10.8. The maximum atomic E-state index is 13.4. The number of methoxy groups -OCH3 is 1. The average Bonchev–Trinajstić information content (AvgIpc) is 2.81. The van der Waals surface area contributed by atoms with E-state index in [1.807, 2.05) is 0 Å². The summed E-state index contributed by atoms with van der Waals surface area (Å²) in [6.45, 7) is 14.5. The zero-order valence-corrected chi connectivity index (χ0v) is 23.4. The van der Waals surface area contributed by atoms with Gasteiger partial charge in [0, 0.05) is 5.41 Å². The van der Waals surface area contributed by atoms with E-state index in [-0.39, 0.29) is 45.6 Å². The van der Waals surface area contributed by atoms with Crippen LogP contribution in [0.4, 0.5) is 0 Å². The molecule has 0 aromatic carbocycles. The average molecular weight is 487 g/mol. The standard InChI is InChI=1S/C31H50O4/c1-26(2)14-16-31(25(34)35-7)17-15-29(5)20(21(31)18-26)8-9-23-27(3)12-11-24(33)28(4,19-32)22(27)10-13-30(23,29)6/h8,21-24,32-33H,9-19H2,1-7H3/t21-,22+,23-,24-,27-,28-,29+,30+,31-/m0/s1. The highest BCUT2D eigenvalue weighted by Gasteiger charge is 2.69. The van der Waals surface area contributed by atoms with Gasteiger partial charge in [-0.15, -0.1) is 0 Å². The normalized spacial score (nSPS) is 52.8. The molecule has 0 bridgehead atoms. The van der Waals surface area contributed by atoms with Crippen LogP contribution in [0, 0.1) is 50.2 Å². The van der Waals surface area contributed by atoms with Gasteiger partial charge in [0.25, 0.3) is 0 Å². The Labute approximate surface area is 213 Å². The van der Waals surface area contributed by atoms with E-state index in [1.165, 1.54) is 0 Å². The monoisotopic (exact) mass is 486 g/mol. The van der Waals surface area contributed by atoms with Crippen LogP contribution in [0.1, 0.15) is 106 Å². The predicted molar refractivity (Wildman–Crippen MR) is 138 cm³/mol. The Kier molecular flexibility index (Phi) is 5.76. The van der Waals surface area contributed by atoms with Crippen LogP contribution in [0.15, 0.2) is 11.6 Å². The van der Waals surface area contributed by atoms with Crippen molar-refractivity contribution >= 4 is 5.97 Å². The van der Waals surface area contributed by atoms with Crippen LogP contribution in [0.3, 0.4) is 0 Å². The van der Waals surface area contributed by atoms with Gasteiger partial charge >= 0.3 is 5.97 Å². The molecule has 0 aromatic heterocycles. The smallest absolute Gasteiger partial charge is 0.312 e. The number of rotatable bonds is 2. The molecule has 5 aliphatic carbocycles. The summed E-state index contributed by atoms with van der Waals surface area (Å²) in [6.07, 6.45) is 12.3. The number of hydrogen-bond acceptors (Lipinski definition) is 4. The lowest BCUT2D eigenvalue weighted by Crippen LogP contribution is -2.66. The van der Waals surface area contributed by atoms with E-state index in [0.717, 1.165) is 64.2 Å². The van der Waals surface area contributed by atoms with E-state index < -0.39 is 11.5 Å². The van der Waals surface area contributed by atoms with Crippen LogP contribution in [0.5, 0.6) is 0 Å². The highest BCUT2D eigenvalue weighted by Crippen LogP contribution is 2.75. The van der Waals surface area contributed by atoms with Crippen molar-refractivity contribution in [2.24, 2.45) is 50.2 Å². The summed E-state index contributed by atoms with van der Waals surface area (Å²) in [7, 11) is 1.58. The number of carbonyl (C=O) groups is 1. The van der Waals surface area contributed by atoms with E-state index >= 15 is 0 Å². The second-order valence-corrected chi connectivity index (χ2v) is 15.1. The summed E-state index contributed by atoms with van der Waals surface area (Å²) in [6, 6.07) is 0. The van der Waals surface area contributed by atoms with E-state index in [9.17, 15) is 15.0 Å².